The Bertz CT molecular complexity index is 5730. The molecule has 86 heavy (non-hydrogen) atoms. The fraction of sp³-hybridized carbons (Fsp3) is 0. The molecule has 0 radical (unpaired) electrons. The normalized spacial score (nSPS) is 12.0. The molecule has 16 aromatic carbocycles. The Morgan fingerprint density at radius 1 is 0.186 bits per heavy atom. The van der Waals surface area contributed by atoms with E-state index in [4.69, 9.17) is 0 Å². The van der Waals surface area contributed by atoms with Crippen molar-refractivity contribution in [3.63, 3.8) is 0 Å². The first-order valence-corrected chi connectivity index (χ1v) is 30.5. The summed E-state index contributed by atoms with van der Waals surface area (Å²) in [7, 11) is 0. The molecule has 0 fully saturated rings. The number of para-hydroxylation sites is 2. The van der Waals surface area contributed by atoms with Gasteiger partial charge in [-0.1, -0.05) is 255 Å². The predicted molar refractivity (Wildman–Crippen MR) is 371 cm³/mol. The first-order valence-electron chi connectivity index (χ1n) is 29.7. The van der Waals surface area contributed by atoms with Crippen LogP contribution in [-0.2, 0) is 0 Å². The van der Waals surface area contributed by atoms with Gasteiger partial charge < -0.3 is 4.57 Å². The van der Waals surface area contributed by atoms with E-state index in [1.807, 2.05) is 11.3 Å². The lowest BCUT2D eigenvalue weighted by atomic mass is 9.88. The third-order valence-corrected chi connectivity index (χ3v) is 19.6. The predicted octanol–water partition coefficient (Wildman–Crippen LogP) is 24.1. The summed E-state index contributed by atoms with van der Waals surface area (Å²) >= 11 is 1.93. The van der Waals surface area contributed by atoms with Crippen molar-refractivity contribution in [2.24, 2.45) is 0 Å². The third kappa shape index (κ3) is 7.57. The second-order valence-corrected chi connectivity index (χ2v) is 24.0. The molecule has 1 nitrogen and oxygen atoms in total. The van der Waals surface area contributed by atoms with E-state index in [1.54, 1.807) is 0 Å². The molecule has 0 aliphatic heterocycles. The molecule has 0 amide bonds. The van der Waals surface area contributed by atoms with Crippen molar-refractivity contribution >= 4 is 118 Å². The lowest BCUT2D eigenvalue weighted by Gasteiger charge is -2.15. The van der Waals surface area contributed by atoms with Crippen LogP contribution in [0.2, 0.25) is 0 Å². The third-order valence-electron chi connectivity index (χ3n) is 18.4. The van der Waals surface area contributed by atoms with E-state index in [9.17, 15) is 0 Å². The molecule has 18 rings (SSSR count). The molecule has 0 bridgehead atoms. The SMILES string of the molecule is c1ccc(-c2ccc(-c3ccc4c5cc(-c6cccc(-c7ccc(-n8c9ccccc9c9ccccc98)cc7)c6)ccc5c5ccccc5c4c3)c3c2sc2c(-c4cccc(-c5ccc6c7ccccc7c7ccccc7c6c5)c4)cccc23)cc1. The number of nitrogens with zero attached hydrogens (tertiary/aromatic N) is 1. The van der Waals surface area contributed by atoms with Crippen LogP contribution in [0.5, 0.6) is 0 Å². The van der Waals surface area contributed by atoms with E-state index in [0.29, 0.717) is 0 Å². The van der Waals surface area contributed by atoms with Crippen LogP contribution in [0.4, 0.5) is 0 Å². The van der Waals surface area contributed by atoms with Crippen molar-refractivity contribution in [2.45, 2.75) is 0 Å². The maximum absolute atomic E-state index is 2.47. The molecule has 18 aromatic rings. The molecule has 398 valence electrons. The van der Waals surface area contributed by atoms with Gasteiger partial charge in [0.05, 0.1) is 11.0 Å². The molecular weight excluding hydrogens is 1050 g/mol. The van der Waals surface area contributed by atoms with Gasteiger partial charge in [0.25, 0.3) is 0 Å². The maximum atomic E-state index is 2.47. The van der Waals surface area contributed by atoms with Gasteiger partial charge in [-0.3, -0.25) is 0 Å². The van der Waals surface area contributed by atoms with Crippen LogP contribution in [0.1, 0.15) is 0 Å². The Balaban J connectivity index is 0.750. The summed E-state index contributed by atoms with van der Waals surface area (Å²) < 4.78 is 4.98. The van der Waals surface area contributed by atoms with Gasteiger partial charge in [-0.05, 0) is 186 Å². The minimum Gasteiger partial charge on any atom is -0.309 e. The van der Waals surface area contributed by atoms with Crippen LogP contribution in [0.25, 0.3) is 179 Å². The Labute approximate surface area is 501 Å². The summed E-state index contributed by atoms with van der Waals surface area (Å²) in [6.07, 6.45) is 0. The van der Waals surface area contributed by atoms with E-state index >= 15 is 0 Å². The first-order chi connectivity index (χ1) is 42.6. The van der Waals surface area contributed by atoms with Crippen molar-refractivity contribution in [3.05, 3.63) is 309 Å². The van der Waals surface area contributed by atoms with Gasteiger partial charge in [-0.2, -0.15) is 0 Å². The summed E-state index contributed by atoms with van der Waals surface area (Å²) in [5.41, 5.74) is 18.2. The van der Waals surface area contributed by atoms with Crippen molar-refractivity contribution in [1.29, 1.82) is 0 Å². The van der Waals surface area contributed by atoms with Crippen LogP contribution < -0.4 is 0 Å². The van der Waals surface area contributed by atoms with E-state index in [0.717, 1.165) is 5.69 Å². The summed E-state index contributed by atoms with van der Waals surface area (Å²) in [5.74, 6) is 0. The Hall–Kier alpha value is -10.9. The molecule has 0 unspecified atom stereocenters. The number of fused-ring (bicyclic) bond motifs is 18. The summed E-state index contributed by atoms with van der Waals surface area (Å²) in [6, 6.07) is 115. The molecule has 2 heteroatoms. The average molecular weight is 1110 g/mol. The highest BCUT2D eigenvalue weighted by molar-refractivity contribution is 7.27. The number of thiophene rings is 1. The number of benzene rings is 16. The highest BCUT2D eigenvalue weighted by atomic mass is 32.1. The quantitative estimate of drug-likeness (QED) is 0.140. The number of aromatic nitrogens is 1. The van der Waals surface area contributed by atoms with Crippen LogP contribution in [0.15, 0.2) is 309 Å². The highest BCUT2D eigenvalue weighted by Gasteiger charge is 2.21. The molecule has 0 saturated heterocycles. The lowest BCUT2D eigenvalue weighted by Crippen LogP contribution is -1.93. The minimum atomic E-state index is 1.16. The van der Waals surface area contributed by atoms with Crippen LogP contribution in [-0.4, -0.2) is 4.57 Å². The van der Waals surface area contributed by atoms with Crippen molar-refractivity contribution < 1.29 is 0 Å². The van der Waals surface area contributed by atoms with Crippen molar-refractivity contribution in [1.82, 2.24) is 4.57 Å². The monoisotopic (exact) mass is 1110 g/mol. The van der Waals surface area contributed by atoms with Crippen LogP contribution in [0, 0.1) is 0 Å². The largest absolute Gasteiger partial charge is 0.309 e. The van der Waals surface area contributed by atoms with E-state index in [-0.39, 0.29) is 0 Å². The van der Waals surface area contributed by atoms with Gasteiger partial charge in [0, 0.05) is 36.6 Å². The molecule has 0 aliphatic rings. The van der Waals surface area contributed by atoms with Gasteiger partial charge in [-0.15, -0.1) is 11.3 Å². The molecule has 2 aromatic heterocycles. The summed E-state index contributed by atoms with van der Waals surface area (Å²) in [6.45, 7) is 0. The molecule has 0 N–H and O–H groups in total. The Kier molecular flexibility index (Phi) is 10.9. The second-order valence-electron chi connectivity index (χ2n) is 23.0. The fourth-order valence-electron chi connectivity index (χ4n) is 14.4. The summed E-state index contributed by atoms with van der Waals surface area (Å²) in [5, 5.41) is 20.4. The molecular formula is C84H51NS. The van der Waals surface area contributed by atoms with E-state index < -0.39 is 0 Å². The zero-order chi connectivity index (χ0) is 56.4. The molecule has 2 heterocycles. The van der Waals surface area contributed by atoms with E-state index in [1.165, 1.54) is 173 Å². The number of hydrogen-bond donors (Lipinski definition) is 0. The first kappa shape index (κ1) is 48.6. The van der Waals surface area contributed by atoms with Gasteiger partial charge >= 0.3 is 0 Å². The van der Waals surface area contributed by atoms with Gasteiger partial charge in [0.15, 0.2) is 0 Å². The van der Waals surface area contributed by atoms with Crippen LogP contribution in [0.3, 0.4) is 0 Å². The molecule has 0 atom stereocenters. The Morgan fingerprint density at radius 2 is 0.535 bits per heavy atom. The lowest BCUT2D eigenvalue weighted by molar-refractivity contribution is 1.18. The highest BCUT2D eigenvalue weighted by Crippen LogP contribution is 2.49. The average Bonchev–Trinajstić information content (AvgIpc) is 1.57. The molecule has 0 spiro atoms. The second kappa shape index (κ2) is 19.3. The smallest absolute Gasteiger partial charge is 0.0541 e. The topological polar surface area (TPSA) is 4.93 Å². The van der Waals surface area contributed by atoms with Gasteiger partial charge in [-0.25, -0.2) is 0 Å². The van der Waals surface area contributed by atoms with Gasteiger partial charge in [0.1, 0.15) is 0 Å². The Morgan fingerprint density at radius 3 is 1.10 bits per heavy atom. The number of hydrogen-bond acceptors (Lipinski definition) is 1. The number of rotatable bonds is 7. The zero-order valence-corrected chi connectivity index (χ0v) is 47.6. The molecule has 0 saturated carbocycles. The fourth-order valence-corrected chi connectivity index (χ4v) is 15.8. The standard InChI is InChI=1S/C84H51NS/c1-2-17-53(18-3-1)64-46-45-62(82-76-32-16-31-63(83(76)86-84(64)82)59-22-15-21-56(48-59)58-38-42-71-67-25-5-4-23-65(67)66-24-6-8-27-69(66)77(71)49-58)60-39-44-73-78-50-57(37-43-72(78)68-26-7-9-28-70(68)79(73)51-60)55-20-14-19-54(47-55)52-35-40-61(41-36-52)85-80-33-12-10-29-74(80)75-30-11-13-34-81(75)85/h1-51H. The zero-order valence-electron chi connectivity index (χ0n) is 46.8. The van der Waals surface area contributed by atoms with Crippen molar-refractivity contribution in [3.8, 4) is 72.4 Å². The molecule has 0 aliphatic carbocycles. The van der Waals surface area contributed by atoms with Crippen LogP contribution >= 0.6 is 11.3 Å². The van der Waals surface area contributed by atoms with Gasteiger partial charge in [0.2, 0.25) is 0 Å². The van der Waals surface area contributed by atoms with Crippen molar-refractivity contribution in [2.75, 3.05) is 0 Å². The summed E-state index contributed by atoms with van der Waals surface area (Å²) in [4.78, 5) is 0. The minimum absolute atomic E-state index is 1.16. The maximum Gasteiger partial charge on any atom is 0.0541 e. The van der Waals surface area contributed by atoms with E-state index in [2.05, 4.69) is 314 Å².